The Morgan fingerprint density at radius 3 is 2.59 bits per heavy atom. The van der Waals surface area contributed by atoms with Crippen molar-refractivity contribution >= 4 is 28.8 Å². The molecule has 3 rings (SSSR count). The molecule has 0 saturated heterocycles. The summed E-state index contributed by atoms with van der Waals surface area (Å²) < 4.78 is 2.06. The molecule has 2 aromatic heterocycles. The van der Waals surface area contributed by atoms with Crippen LogP contribution in [0.25, 0.3) is 16.9 Å². The average molecular weight is 334 g/mol. The molecule has 0 amide bonds. The van der Waals surface area contributed by atoms with Crippen molar-refractivity contribution in [3.8, 4) is 11.3 Å². The van der Waals surface area contributed by atoms with Crippen molar-refractivity contribution < 1.29 is 0 Å². The van der Waals surface area contributed by atoms with Gasteiger partial charge in [0.15, 0.2) is 0 Å². The molecule has 0 N–H and O–H groups in total. The summed E-state index contributed by atoms with van der Waals surface area (Å²) in [5, 5.41) is 1.47. The molecule has 3 nitrogen and oxygen atoms in total. The summed E-state index contributed by atoms with van der Waals surface area (Å²) in [7, 11) is 4.08. The van der Waals surface area contributed by atoms with Crippen molar-refractivity contribution in [3.05, 3.63) is 57.8 Å². The van der Waals surface area contributed by atoms with Gasteiger partial charge in [0, 0.05) is 23.3 Å². The maximum absolute atomic E-state index is 6.15. The van der Waals surface area contributed by atoms with Gasteiger partial charge in [0.05, 0.1) is 16.4 Å². The van der Waals surface area contributed by atoms with Crippen molar-refractivity contribution in [1.29, 1.82) is 0 Å². The number of hydrogen-bond acceptors (Lipinski definition) is 2. The van der Waals surface area contributed by atoms with E-state index < -0.39 is 0 Å². The molecular formula is C17H17Cl2N3. The summed E-state index contributed by atoms with van der Waals surface area (Å²) in [6, 6.07) is 9.80. The summed E-state index contributed by atoms with van der Waals surface area (Å²) in [5.74, 6) is 0. The van der Waals surface area contributed by atoms with E-state index in [1.807, 2.05) is 51.5 Å². The zero-order chi connectivity index (χ0) is 15.9. The first-order valence-corrected chi connectivity index (χ1v) is 7.79. The minimum absolute atomic E-state index is 0.698. The molecule has 2 heterocycles. The molecule has 3 aromatic rings. The van der Waals surface area contributed by atoms with Crippen molar-refractivity contribution in [1.82, 2.24) is 14.3 Å². The van der Waals surface area contributed by atoms with Crippen LogP contribution < -0.4 is 0 Å². The standard InChI is InChI=1S/C17H17Cl2N3/c1-11-8-12(4-6-14(11)19)17-15(10-21(2)3)22-9-13(18)5-7-16(22)20-17/h4-9H,10H2,1-3H3. The maximum Gasteiger partial charge on any atom is 0.137 e. The Morgan fingerprint density at radius 2 is 1.91 bits per heavy atom. The minimum Gasteiger partial charge on any atom is -0.304 e. The first-order chi connectivity index (χ1) is 10.5. The first kappa shape index (κ1) is 15.3. The topological polar surface area (TPSA) is 20.5 Å². The third-order valence-corrected chi connectivity index (χ3v) is 4.23. The predicted molar refractivity (Wildman–Crippen MR) is 92.8 cm³/mol. The van der Waals surface area contributed by atoms with Crippen molar-refractivity contribution in [2.45, 2.75) is 13.5 Å². The maximum atomic E-state index is 6.15. The van der Waals surface area contributed by atoms with Gasteiger partial charge in [-0.15, -0.1) is 0 Å². The molecule has 0 fully saturated rings. The number of pyridine rings is 1. The molecule has 0 saturated carbocycles. The van der Waals surface area contributed by atoms with Crippen LogP contribution in [0.2, 0.25) is 10.0 Å². The lowest BCUT2D eigenvalue weighted by atomic mass is 10.1. The van der Waals surface area contributed by atoms with Crippen molar-refractivity contribution in [2.24, 2.45) is 0 Å². The zero-order valence-corrected chi connectivity index (χ0v) is 14.3. The number of nitrogens with zero attached hydrogens (tertiary/aromatic N) is 3. The van der Waals surface area contributed by atoms with Crippen LogP contribution in [0.3, 0.4) is 0 Å². The number of aromatic nitrogens is 2. The molecule has 114 valence electrons. The van der Waals surface area contributed by atoms with Gasteiger partial charge in [0.1, 0.15) is 5.65 Å². The molecule has 0 atom stereocenters. The Labute approximate surface area is 140 Å². The summed E-state index contributed by atoms with van der Waals surface area (Å²) in [6.07, 6.45) is 1.91. The molecule has 0 aliphatic rings. The highest BCUT2D eigenvalue weighted by Gasteiger charge is 2.15. The zero-order valence-electron chi connectivity index (χ0n) is 12.8. The third kappa shape index (κ3) is 2.84. The van der Waals surface area contributed by atoms with E-state index in [0.29, 0.717) is 5.02 Å². The highest BCUT2D eigenvalue weighted by molar-refractivity contribution is 6.31. The monoisotopic (exact) mass is 333 g/mol. The van der Waals surface area contributed by atoms with Gasteiger partial charge in [-0.05, 0) is 50.8 Å². The van der Waals surface area contributed by atoms with E-state index in [0.717, 1.165) is 39.7 Å². The lowest BCUT2D eigenvalue weighted by Crippen LogP contribution is -2.13. The number of imidazole rings is 1. The van der Waals surface area contributed by atoms with E-state index in [4.69, 9.17) is 28.2 Å². The lowest BCUT2D eigenvalue weighted by molar-refractivity contribution is 0.396. The van der Waals surface area contributed by atoms with Crippen LogP contribution in [0.5, 0.6) is 0 Å². The van der Waals surface area contributed by atoms with Gasteiger partial charge in [-0.1, -0.05) is 29.3 Å². The fourth-order valence-corrected chi connectivity index (χ4v) is 2.82. The minimum atomic E-state index is 0.698. The van der Waals surface area contributed by atoms with Gasteiger partial charge in [-0.3, -0.25) is 0 Å². The van der Waals surface area contributed by atoms with Gasteiger partial charge < -0.3 is 9.30 Å². The fraction of sp³-hybridized carbons (Fsp3) is 0.235. The second kappa shape index (κ2) is 5.92. The fourth-order valence-electron chi connectivity index (χ4n) is 2.54. The van der Waals surface area contributed by atoms with Crippen LogP contribution in [0.1, 0.15) is 11.3 Å². The Hall–Kier alpha value is -1.55. The van der Waals surface area contributed by atoms with Gasteiger partial charge in [0.2, 0.25) is 0 Å². The summed E-state index contributed by atoms with van der Waals surface area (Å²) in [6.45, 7) is 2.78. The highest BCUT2D eigenvalue weighted by atomic mass is 35.5. The Bertz CT molecular complexity index is 837. The molecular weight excluding hydrogens is 317 g/mol. The molecule has 0 bridgehead atoms. The molecule has 0 unspecified atom stereocenters. The summed E-state index contributed by atoms with van der Waals surface area (Å²) in [5.41, 5.74) is 5.09. The SMILES string of the molecule is Cc1cc(-c2nc3ccc(Cl)cn3c2CN(C)C)ccc1Cl. The van der Waals surface area contributed by atoms with Crippen LogP contribution in [0, 0.1) is 6.92 Å². The average Bonchev–Trinajstić information content (AvgIpc) is 2.79. The molecule has 0 radical (unpaired) electrons. The van der Waals surface area contributed by atoms with Crippen molar-refractivity contribution in [2.75, 3.05) is 14.1 Å². The summed E-state index contributed by atoms with van der Waals surface area (Å²) in [4.78, 5) is 6.90. The number of halogens is 2. The van der Waals surface area contributed by atoms with E-state index in [1.54, 1.807) is 0 Å². The van der Waals surface area contributed by atoms with Crippen LogP contribution in [0.15, 0.2) is 36.5 Å². The van der Waals surface area contributed by atoms with Gasteiger partial charge in [-0.25, -0.2) is 4.98 Å². The van der Waals surface area contributed by atoms with E-state index in [1.165, 1.54) is 0 Å². The van der Waals surface area contributed by atoms with Gasteiger partial charge in [-0.2, -0.15) is 0 Å². The third-order valence-electron chi connectivity index (χ3n) is 3.58. The number of aryl methyl sites for hydroxylation is 1. The second-order valence-electron chi connectivity index (χ2n) is 5.68. The molecule has 0 aliphatic carbocycles. The van der Waals surface area contributed by atoms with E-state index in [2.05, 4.69) is 15.4 Å². The first-order valence-electron chi connectivity index (χ1n) is 7.03. The van der Waals surface area contributed by atoms with Crippen molar-refractivity contribution in [3.63, 3.8) is 0 Å². The summed E-state index contributed by atoms with van der Waals surface area (Å²) >= 11 is 12.3. The second-order valence-corrected chi connectivity index (χ2v) is 6.53. The van der Waals surface area contributed by atoms with Gasteiger partial charge in [0.25, 0.3) is 0 Å². The molecule has 5 heteroatoms. The van der Waals surface area contributed by atoms with Crippen LogP contribution in [-0.4, -0.2) is 28.4 Å². The number of hydrogen-bond donors (Lipinski definition) is 0. The number of benzene rings is 1. The predicted octanol–water partition coefficient (Wildman–Crippen LogP) is 4.68. The van der Waals surface area contributed by atoms with Gasteiger partial charge >= 0.3 is 0 Å². The smallest absolute Gasteiger partial charge is 0.137 e. The van der Waals surface area contributed by atoms with E-state index >= 15 is 0 Å². The molecule has 1 aromatic carbocycles. The largest absolute Gasteiger partial charge is 0.304 e. The van der Waals surface area contributed by atoms with Crippen LogP contribution in [-0.2, 0) is 6.54 Å². The Balaban J connectivity index is 2.25. The lowest BCUT2D eigenvalue weighted by Gasteiger charge is -2.12. The highest BCUT2D eigenvalue weighted by Crippen LogP contribution is 2.29. The molecule has 22 heavy (non-hydrogen) atoms. The van der Waals surface area contributed by atoms with E-state index in [-0.39, 0.29) is 0 Å². The van der Waals surface area contributed by atoms with Crippen LogP contribution >= 0.6 is 23.2 Å². The van der Waals surface area contributed by atoms with Crippen LogP contribution in [0.4, 0.5) is 0 Å². The normalized spacial score (nSPS) is 11.5. The molecule has 0 spiro atoms. The molecule has 0 aliphatic heterocycles. The van der Waals surface area contributed by atoms with E-state index in [9.17, 15) is 0 Å². The quantitative estimate of drug-likeness (QED) is 0.693. The number of fused-ring (bicyclic) bond motifs is 1. The Kier molecular flexibility index (Phi) is 4.13. The Morgan fingerprint density at radius 1 is 1.14 bits per heavy atom. The number of rotatable bonds is 3.